The standard InChI is InChI=1S/C21H24N8O.C14H19ClN4O.C7H6N4/c1-3-16-20(30)27(2)17-12-25-21(26-19(17)29(16)15-6-4-5-7-15)28-9-8-24-18(28)14-10-22-13-23-11-14;1-3-10-13(20)18(2)11-8-16-14(15)17-12(11)19(10)9-6-4-5-7-9;1-2-11-7(10-1)6-3-8-5-9-4-6/h8-13,15-16H,3-7H2,1-2H3;8-10H,3-7H2,1-2H3;1-5H,(H,10,11)/t16-;10-;/m11./s1. The van der Waals surface area contributed by atoms with Crippen LogP contribution in [-0.2, 0) is 9.59 Å². The molecule has 19 heteroatoms. The molecule has 1 N–H and O–H groups in total. The lowest BCUT2D eigenvalue weighted by Crippen LogP contribution is -2.55. The van der Waals surface area contributed by atoms with E-state index in [9.17, 15) is 9.59 Å². The minimum absolute atomic E-state index is 0.109. The van der Waals surface area contributed by atoms with E-state index in [1.54, 1.807) is 72.6 Å². The van der Waals surface area contributed by atoms with E-state index in [-0.39, 0.29) is 29.2 Å². The van der Waals surface area contributed by atoms with Crippen molar-refractivity contribution in [1.29, 1.82) is 0 Å². The highest BCUT2D eigenvalue weighted by Gasteiger charge is 2.42. The van der Waals surface area contributed by atoms with Crippen molar-refractivity contribution in [3.63, 3.8) is 0 Å². The molecule has 2 aliphatic heterocycles. The van der Waals surface area contributed by atoms with Gasteiger partial charge in [-0.2, -0.15) is 9.97 Å². The van der Waals surface area contributed by atoms with Gasteiger partial charge in [-0.1, -0.05) is 39.5 Å². The first-order valence-corrected chi connectivity index (χ1v) is 21.2. The molecule has 4 aliphatic rings. The summed E-state index contributed by atoms with van der Waals surface area (Å²) in [4.78, 5) is 78.7. The van der Waals surface area contributed by atoms with Crippen LogP contribution in [-0.4, -0.2) is 109 Å². The van der Waals surface area contributed by atoms with Gasteiger partial charge in [-0.05, 0) is 50.1 Å². The van der Waals surface area contributed by atoms with Gasteiger partial charge in [0.1, 0.15) is 47.8 Å². The van der Waals surface area contributed by atoms with Crippen LogP contribution in [0.4, 0.5) is 23.0 Å². The predicted octanol–water partition coefficient (Wildman–Crippen LogP) is 6.12. The van der Waals surface area contributed by atoms with Crippen molar-refractivity contribution in [2.24, 2.45) is 0 Å². The molecular formula is C42H49ClN16O2. The quantitative estimate of drug-likeness (QED) is 0.180. The molecule has 8 heterocycles. The van der Waals surface area contributed by atoms with Crippen LogP contribution in [0.3, 0.4) is 0 Å². The number of carbonyl (C=O) groups excluding carboxylic acids is 2. The number of carbonyl (C=O) groups is 2. The zero-order valence-electron chi connectivity index (χ0n) is 34.7. The molecule has 0 aromatic carbocycles. The number of amides is 2. The molecule has 2 fully saturated rings. The zero-order chi connectivity index (χ0) is 42.5. The minimum Gasteiger partial charge on any atom is -0.345 e. The van der Waals surface area contributed by atoms with Gasteiger partial charge in [0.2, 0.25) is 23.0 Å². The maximum absolute atomic E-state index is 13.0. The highest BCUT2D eigenvalue weighted by atomic mass is 35.5. The third-order valence-electron chi connectivity index (χ3n) is 11.8. The van der Waals surface area contributed by atoms with Crippen molar-refractivity contribution in [2.75, 3.05) is 33.7 Å². The molecule has 2 amide bonds. The van der Waals surface area contributed by atoms with Gasteiger partial charge in [0.05, 0.1) is 23.5 Å². The van der Waals surface area contributed by atoms with E-state index >= 15 is 0 Å². The monoisotopic (exact) mass is 844 g/mol. The van der Waals surface area contributed by atoms with Crippen LogP contribution in [0.5, 0.6) is 0 Å². The van der Waals surface area contributed by atoms with Gasteiger partial charge in [-0.3, -0.25) is 14.2 Å². The van der Waals surface area contributed by atoms with Gasteiger partial charge in [0.15, 0.2) is 11.6 Å². The smallest absolute Gasteiger partial charge is 0.249 e. The fraction of sp³-hybridized carbons (Fsp3) is 0.429. The molecule has 6 aromatic rings. The van der Waals surface area contributed by atoms with Crippen molar-refractivity contribution in [2.45, 2.75) is 102 Å². The Morgan fingerprint density at radius 2 is 1.18 bits per heavy atom. The number of rotatable bonds is 7. The number of aromatic nitrogens is 12. The van der Waals surface area contributed by atoms with E-state index in [1.807, 2.05) is 24.7 Å². The van der Waals surface area contributed by atoms with Crippen molar-refractivity contribution in [3.8, 4) is 28.7 Å². The summed E-state index contributed by atoms with van der Waals surface area (Å²) < 4.78 is 1.84. The van der Waals surface area contributed by atoms with Gasteiger partial charge in [0.25, 0.3) is 0 Å². The summed E-state index contributed by atoms with van der Waals surface area (Å²) in [5.41, 5.74) is 3.20. The van der Waals surface area contributed by atoms with Gasteiger partial charge in [0, 0.05) is 75.8 Å². The molecule has 10 rings (SSSR count). The summed E-state index contributed by atoms with van der Waals surface area (Å²) in [5, 5.41) is 0.240. The summed E-state index contributed by atoms with van der Waals surface area (Å²) >= 11 is 5.97. The predicted molar refractivity (Wildman–Crippen MR) is 231 cm³/mol. The van der Waals surface area contributed by atoms with E-state index in [0.717, 1.165) is 78.5 Å². The Labute approximate surface area is 358 Å². The average molecular weight is 845 g/mol. The molecule has 18 nitrogen and oxygen atoms in total. The summed E-state index contributed by atoms with van der Waals surface area (Å²) in [6.07, 6.45) is 31.0. The molecule has 0 radical (unpaired) electrons. The number of fused-ring (bicyclic) bond motifs is 2. The first-order chi connectivity index (χ1) is 29.8. The second-order valence-electron chi connectivity index (χ2n) is 15.4. The average Bonchev–Trinajstić information content (AvgIpc) is 4.16. The Kier molecular flexibility index (Phi) is 12.5. The number of nitrogens with one attached hydrogen (secondary N) is 1. The van der Waals surface area contributed by atoms with Gasteiger partial charge in [-0.15, -0.1) is 0 Å². The molecule has 0 spiro atoms. The van der Waals surface area contributed by atoms with Gasteiger partial charge in [-0.25, -0.2) is 39.9 Å². The highest BCUT2D eigenvalue weighted by Crippen LogP contribution is 2.41. The Hall–Kier alpha value is -6.43. The number of hydrogen-bond acceptors (Lipinski definition) is 14. The number of H-pyrrole nitrogens is 1. The van der Waals surface area contributed by atoms with Crippen LogP contribution in [0, 0.1) is 0 Å². The van der Waals surface area contributed by atoms with Crippen LogP contribution in [0.15, 0.2) is 74.6 Å². The third kappa shape index (κ3) is 8.36. The number of halogens is 1. The first-order valence-electron chi connectivity index (χ1n) is 20.8. The highest BCUT2D eigenvalue weighted by molar-refractivity contribution is 6.28. The van der Waals surface area contributed by atoms with Crippen molar-refractivity contribution in [3.05, 3.63) is 79.9 Å². The van der Waals surface area contributed by atoms with Crippen LogP contribution in [0.2, 0.25) is 5.28 Å². The van der Waals surface area contributed by atoms with Crippen molar-refractivity contribution >= 4 is 46.4 Å². The van der Waals surface area contributed by atoms with Crippen LogP contribution in [0.25, 0.3) is 28.7 Å². The fourth-order valence-electron chi connectivity index (χ4n) is 8.79. The molecule has 0 saturated heterocycles. The number of nitrogens with zero attached hydrogens (tertiary/aromatic N) is 15. The van der Waals surface area contributed by atoms with E-state index in [2.05, 4.69) is 66.6 Å². The molecule has 6 aromatic heterocycles. The Morgan fingerprint density at radius 1 is 0.656 bits per heavy atom. The minimum atomic E-state index is -0.196. The van der Waals surface area contributed by atoms with E-state index in [1.165, 1.54) is 38.3 Å². The maximum atomic E-state index is 13.0. The normalized spacial score (nSPS) is 19.0. The Balaban J connectivity index is 0.000000142. The lowest BCUT2D eigenvalue weighted by atomic mass is 10.0. The molecular weight excluding hydrogens is 796 g/mol. The fourth-order valence-corrected chi connectivity index (χ4v) is 8.92. The van der Waals surface area contributed by atoms with E-state index < -0.39 is 0 Å². The van der Waals surface area contributed by atoms with Crippen molar-refractivity contribution in [1.82, 2.24) is 59.4 Å². The SMILES string of the molecule is CC[C@@H]1C(=O)N(C)c2cnc(-n3ccnc3-c3cncnc3)nc2N1C1CCCC1.CC[C@@H]1C(=O)N(C)c2cnc(Cl)nc2N1C1CCCC1.c1ncc(-c2ncc[nH]2)cn1. The molecule has 2 atom stereocenters. The second-order valence-corrected chi connectivity index (χ2v) is 15.7. The lowest BCUT2D eigenvalue weighted by molar-refractivity contribution is -0.120. The Morgan fingerprint density at radius 3 is 1.70 bits per heavy atom. The topological polar surface area (TPSA) is 197 Å². The second kappa shape index (κ2) is 18.5. The lowest BCUT2D eigenvalue weighted by Gasteiger charge is -2.43. The van der Waals surface area contributed by atoms with E-state index in [4.69, 9.17) is 16.6 Å². The summed E-state index contributed by atoms with van der Waals surface area (Å²) in [6, 6.07) is 0.390. The summed E-state index contributed by atoms with van der Waals surface area (Å²) in [6.45, 7) is 4.11. The van der Waals surface area contributed by atoms with Crippen LogP contribution < -0.4 is 19.6 Å². The number of aromatic amines is 1. The molecule has 61 heavy (non-hydrogen) atoms. The first kappa shape index (κ1) is 41.3. The Bertz CT molecular complexity index is 2400. The molecule has 2 saturated carbocycles. The van der Waals surface area contributed by atoms with Crippen molar-refractivity contribution < 1.29 is 9.59 Å². The molecule has 316 valence electrons. The molecule has 2 aliphatic carbocycles. The van der Waals surface area contributed by atoms with Crippen LogP contribution >= 0.6 is 11.6 Å². The number of likely N-dealkylation sites (N-methyl/N-ethyl adjacent to an activating group) is 2. The largest absolute Gasteiger partial charge is 0.345 e. The van der Waals surface area contributed by atoms with Crippen LogP contribution in [0.1, 0.15) is 78.1 Å². The molecule has 0 bridgehead atoms. The van der Waals surface area contributed by atoms with Gasteiger partial charge < -0.3 is 24.6 Å². The summed E-state index contributed by atoms with van der Waals surface area (Å²) in [5.74, 6) is 3.86. The van der Waals surface area contributed by atoms with E-state index in [0.29, 0.717) is 23.9 Å². The van der Waals surface area contributed by atoms with Gasteiger partial charge >= 0.3 is 0 Å². The number of anilines is 4. The zero-order valence-corrected chi connectivity index (χ0v) is 35.5. The summed E-state index contributed by atoms with van der Waals surface area (Å²) in [7, 11) is 3.59. The maximum Gasteiger partial charge on any atom is 0.249 e. The third-order valence-corrected chi connectivity index (χ3v) is 12.0. The number of hydrogen-bond donors (Lipinski definition) is 1. The molecule has 0 unspecified atom stereocenters. The number of imidazole rings is 2.